The van der Waals surface area contributed by atoms with E-state index in [0.29, 0.717) is 11.5 Å². The Morgan fingerprint density at radius 2 is 2.00 bits per heavy atom. The van der Waals surface area contributed by atoms with Gasteiger partial charge in [-0.2, -0.15) is 0 Å². The van der Waals surface area contributed by atoms with Crippen LogP contribution in [0.1, 0.15) is 5.56 Å². The van der Waals surface area contributed by atoms with Crippen LogP contribution in [0.25, 0.3) is 16.7 Å². The summed E-state index contributed by atoms with van der Waals surface area (Å²) in [5.74, 6) is 0.0533. The molecule has 90 valence electrons. The molecule has 0 aliphatic rings. The van der Waals surface area contributed by atoms with Gasteiger partial charge in [0.1, 0.15) is 5.82 Å². The van der Waals surface area contributed by atoms with E-state index in [1.807, 2.05) is 35.8 Å². The highest BCUT2D eigenvalue weighted by Crippen LogP contribution is 2.23. The van der Waals surface area contributed by atoms with E-state index < -0.39 is 0 Å². The number of rotatable bonds is 1. The van der Waals surface area contributed by atoms with E-state index in [1.54, 1.807) is 6.07 Å². The van der Waals surface area contributed by atoms with Gasteiger partial charge >= 0.3 is 0 Å². The summed E-state index contributed by atoms with van der Waals surface area (Å²) < 4.78 is 15.0. The molecule has 2 N–H and O–H groups in total. The molecule has 0 saturated heterocycles. The first-order chi connectivity index (χ1) is 8.65. The third kappa shape index (κ3) is 1.62. The Bertz CT molecular complexity index is 731. The third-order valence-corrected chi connectivity index (χ3v) is 2.90. The third-order valence-electron chi connectivity index (χ3n) is 2.90. The van der Waals surface area contributed by atoms with Gasteiger partial charge in [0.2, 0.25) is 5.95 Å². The zero-order valence-corrected chi connectivity index (χ0v) is 9.89. The molecule has 0 spiro atoms. The number of nitrogen functional groups attached to an aromatic ring is 1. The Labute approximate surface area is 104 Å². The van der Waals surface area contributed by atoms with Crippen LogP contribution in [0, 0.1) is 12.7 Å². The Balaban J connectivity index is 2.32. The second kappa shape index (κ2) is 3.84. The zero-order valence-electron chi connectivity index (χ0n) is 9.89. The molecule has 1 aromatic heterocycles. The van der Waals surface area contributed by atoms with Crippen molar-refractivity contribution in [3.63, 3.8) is 0 Å². The van der Waals surface area contributed by atoms with Crippen LogP contribution in [0.4, 0.5) is 10.3 Å². The summed E-state index contributed by atoms with van der Waals surface area (Å²) in [5, 5.41) is 0. The molecule has 2 aromatic carbocycles. The quantitative estimate of drug-likeness (QED) is 0.711. The number of imidazole rings is 1. The fraction of sp³-hybridized carbons (Fsp3) is 0.0714. The van der Waals surface area contributed by atoms with Crippen molar-refractivity contribution >= 4 is 17.0 Å². The molecule has 0 atom stereocenters. The number of benzene rings is 2. The number of fused-ring (bicyclic) bond motifs is 1. The second-order valence-electron chi connectivity index (χ2n) is 4.28. The SMILES string of the molecule is Cc1cccc(-n2c(N)nc3cc(F)ccc32)c1. The minimum atomic E-state index is -0.309. The summed E-state index contributed by atoms with van der Waals surface area (Å²) in [6, 6.07) is 12.4. The number of aryl methyl sites for hydroxylation is 1. The fourth-order valence-electron chi connectivity index (χ4n) is 2.11. The largest absolute Gasteiger partial charge is 0.369 e. The molecule has 0 fully saturated rings. The van der Waals surface area contributed by atoms with Gasteiger partial charge in [0.15, 0.2) is 0 Å². The monoisotopic (exact) mass is 241 g/mol. The second-order valence-corrected chi connectivity index (χ2v) is 4.28. The number of hydrogen-bond donors (Lipinski definition) is 1. The number of hydrogen-bond acceptors (Lipinski definition) is 2. The number of aromatic nitrogens is 2. The molecular formula is C14H12FN3. The van der Waals surface area contributed by atoms with Crippen LogP contribution in [0.2, 0.25) is 0 Å². The standard InChI is InChI=1S/C14H12FN3/c1-9-3-2-4-11(7-9)18-13-6-5-10(15)8-12(13)17-14(18)16/h2-8H,1H3,(H2,16,17). The van der Waals surface area contributed by atoms with Crippen molar-refractivity contribution < 1.29 is 4.39 Å². The average Bonchev–Trinajstić information content (AvgIpc) is 2.64. The lowest BCUT2D eigenvalue weighted by atomic mass is 10.2. The van der Waals surface area contributed by atoms with E-state index >= 15 is 0 Å². The molecule has 0 saturated carbocycles. The minimum absolute atomic E-state index is 0.309. The number of halogens is 1. The van der Waals surface area contributed by atoms with Gasteiger partial charge in [0.05, 0.1) is 11.0 Å². The van der Waals surface area contributed by atoms with Crippen LogP contribution in [-0.4, -0.2) is 9.55 Å². The lowest BCUT2D eigenvalue weighted by molar-refractivity contribution is 0.629. The van der Waals surface area contributed by atoms with Crippen molar-refractivity contribution in [1.82, 2.24) is 9.55 Å². The van der Waals surface area contributed by atoms with Crippen LogP contribution in [-0.2, 0) is 0 Å². The smallest absolute Gasteiger partial charge is 0.205 e. The Morgan fingerprint density at radius 1 is 1.17 bits per heavy atom. The summed E-state index contributed by atoms with van der Waals surface area (Å²) in [4.78, 5) is 4.18. The Hall–Kier alpha value is -2.36. The highest BCUT2D eigenvalue weighted by molar-refractivity contribution is 5.80. The number of nitrogens with zero attached hydrogens (tertiary/aromatic N) is 2. The molecule has 4 heteroatoms. The maximum atomic E-state index is 13.2. The molecule has 3 nitrogen and oxygen atoms in total. The molecule has 0 aliphatic carbocycles. The van der Waals surface area contributed by atoms with E-state index in [-0.39, 0.29) is 5.82 Å². The van der Waals surface area contributed by atoms with Crippen molar-refractivity contribution in [1.29, 1.82) is 0 Å². The van der Waals surface area contributed by atoms with Crippen molar-refractivity contribution in [2.24, 2.45) is 0 Å². The fourth-order valence-corrected chi connectivity index (χ4v) is 2.11. The maximum absolute atomic E-state index is 13.2. The summed E-state index contributed by atoms with van der Waals surface area (Å²) in [6.45, 7) is 2.01. The van der Waals surface area contributed by atoms with Crippen LogP contribution in [0.15, 0.2) is 42.5 Å². The Kier molecular flexibility index (Phi) is 2.30. The zero-order chi connectivity index (χ0) is 12.7. The van der Waals surface area contributed by atoms with Crippen molar-refractivity contribution in [2.45, 2.75) is 6.92 Å². The van der Waals surface area contributed by atoms with Crippen molar-refractivity contribution in [2.75, 3.05) is 5.73 Å². The van der Waals surface area contributed by atoms with Crippen LogP contribution in [0.3, 0.4) is 0 Å². The maximum Gasteiger partial charge on any atom is 0.205 e. The number of nitrogens with two attached hydrogens (primary N) is 1. The van der Waals surface area contributed by atoms with Crippen LogP contribution >= 0.6 is 0 Å². The summed E-state index contributed by atoms with van der Waals surface area (Å²) >= 11 is 0. The van der Waals surface area contributed by atoms with Gasteiger partial charge < -0.3 is 5.73 Å². The molecule has 0 unspecified atom stereocenters. The molecule has 0 bridgehead atoms. The molecule has 3 rings (SSSR count). The van der Waals surface area contributed by atoms with Gasteiger partial charge in [-0.3, -0.25) is 4.57 Å². The normalized spacial score (nSPS) is 11.0. The highest BCUT2D eigenvalue weighted by Gasteiger charge is 2.10. The Morgan fingerprint density at radius 3 is 2.78 bits per heavy atom. The van der Waals surface area contributed by atoms with Gasteiger partial charge in [-0.15, -0.1) is 0 Å². The molecule has 0 radical (unpaired) electrons. The average molecular weight is 241 g/mol. The van der Waals surface area contributed by atoms with Crippen molar-refractivity contribution in [3.8, 4) is 5.69 Å². The first kappa shape index (κ1) is 10.8. The van der Waals surface area contributed by atoms with Gasteiger partial charge in [0.25, 0.3) is 0 Å². The van der Waals surface area contributed by atoms with Gasteiger partial charge in [-0.05, 0) is 36.8 Å². The summed E-state index contributed by atoms with van der Waals surface area (Å²) in [5.41, 5.74) is 9.35. The molecule has 0 aliphatic heterocycles. The van der Waals surface area contributed by atoms with Crippen molar-refractivity contribution in [3.05, 3.63) is 53.8 Å². The first-order valence-electron chi connectivity index (χ1n) is 5.66. The van der Waals surface area contributed by atoms with Crippen LogP contribution in [0.5, 0.6) is 0 Å². The first-order valence-corrected chi connectivity index (χ1v) is 5.66. The van der Waals surface area contributed by atoms with Gasteiger partial charge in [-0.1, -0.05) is 12.1 Å². The summed E-state index contributed by atoms with van der Waals surface area (Å²) in [7, 11) is 0. The predicted octanol–water partition coefficient (Wildman–Crippen LogP) is 3.06. The van der Waals surface area contributed by atoms with E-state index in [1.165, 1.54) is 12.1 Å². The number of anilines is 1. The predicted molar refractivity (Wildman–Crippen MR) is 70.2 cm³/mol. The lowest BCUT2D eigenvalue weighted by Crippen LogP contribution is -2.00. The van der Waals surface area contributed by atoms with Gasteiger partial charge in [-0.25, -0.2) is 9.37 Å². The molecular weight excluding hydrogens is 229 g/mol. The van der Waals surface area contributed by atoms with Crippen LogP contribution < -0.4 is 5.73 Å². The van der Waals surface area contributed by atoms with E-state index in [2.05, 4.69) is 4.98 Å². The topological polar surface area (TPSA) is 43.8 Å². The minimum Gasteiger partial charge on any atom is -0.369 e. The van der Waals surface area contributed by atoms with E-state index in [9.17, 15) is 4.39 Å². The van der Waals surface area contributed by atoms with E-state index in [0.717, 1.165) is 16.8 Å². The summed E-state index contributed by atoms with van der Waals surface area (Å²) in [6.07, 6.45) is 0. The van der Waals surface area contributed by atoms with Gasteiger partial charge in [0, 0.05) is 11.8 Å². The highest BCUT2D eigenvalue weighted by atomic mass is 19.1. The van der Waals surface area contributed by atoms with E-state index in [4.69, 9.17) is 5.73 Å². The molecule has 18 heavy (non-hydrogen) atoms. The molecule has 1 heterocycles. The molecule has 3 aromatic rings. The lowest BCUT2D eigenvalue weighted by Gasteiger charge is -2.07. The molecule has 0 amide bonds.